The molecular formula is C14H17FN2. The Kier molecular flexibility index (Phi) is 4.64. The first-order valence-corrected chi connectivity index (χ1v) is 5.60. The van der Waals surface area contributed by atoms with Crippen LogP contribution >= 0.6 is 0 Å². The molecule has 3 heteroatoms. The van der Waals surface area contributed by atoms with E-state index in [0.29, 0.717) is 0 Å². The molecule has 1 heterocycles. The number of benzene rings is 1. The van der Waals surface area contributed by atoms with Gasteiger partial charge in [0.1, 0.15) is 5.82 Å². The maximum absolute atomic E-state index is 13.0. The third-order valence-electron chi connectivity index (χ3n) is 2.30. The number of hydrogen-bond acceptors (Lipinski definition) is 1. The molecule has 0 amide bonds. The fraction of sp³-hybridized carbons (Fsp3) is 0.214. The van der Waals surface area contributed by atoms with Gasteiger partial charge >= 0.3 is 0 Å². The third-order valence-corrected chi connectivity index (χ3v) is 2.30. The van der Waals surface area contributed by atoms with Crippen LogP contribution in [0.15, 0.2) is 43.4 Å². The van der Waals surface area contributed by atoms with Crippen LogP contribution < -0.4 is 0 Å². The second kappa shape index (κ2) is 5.99. The number of aryl methyl sites for hydroxylation is 1. The number of aromatic nitrogens is 2. The maximum Gasteiger partial charge on any atom is 0.123 e. The van der Waals surface area contributed by atoms with E-state index in [2.05, 4.69) is 11.6 Å². The van der Waals surface area contributed by atoms with Gasteiger partial charge in [-0.25, -0.2) is 9.37 Å². The largest absolute Gasteiger partial charge is 0.334 e. The SMILES string of the molecule is C=C(c1cccc(F)c1)c1cncn1C.CC. The average Bonchev–Trinajstić information content (AvgIpc) is 2.77. The summed E-state index contributed by atoms with van der Waals surface area (Å²) in [6, 6.07) is 6.39. The first-order valence-electron chi connectivity index (χ1n) is 5.60. The molecular weight excluding hydrogens is 215 g/mol. The molecule has 0 unspecified atom stereocenters. The minimum absolute atomic E-state index is 0.254. The van der Waals surface area contributed by atoms with Gasteiger partial charge in [0.2, 0.25) is 0 Å². The summed E-state index contributed by atoms with van der Waals surface area (Å²) in [5.41, 5.74) is 2.44. The Labute approximate surface area is 101 Å². The van der Waals surface area contributed by atoms with E-state index in [9.17, 15) is 4.39 Å². The van der Waals surface area contributed by atoms with Gasteiger partial charge in [-0.3, -0.25) is 0 Å². The molecule has 0 fully saturated rings. The average molecular weight is 232 g/mol. The van der Waals surface area contributed by atoms with Crippen LogP contribution in [0.5, 0.6) is 0 Å². The van der Waals surface area contributed by atoms with E-state index in [0.717, 1.165) is 16.8 Å². The molecule has 0 radical (unpaired) electrons. The van der Waals surface area contributed by atoms with Gasteiger partial charge in [-0.15, -0.1) is 0 Å². The summed E-state index contributed by atoms with van der Waals surface area (Å²) in [6.07, 6.45) is 3.41. The zero-order valence-electron chi connectivity index (χ0n) is 10.4. The Morgan fingerprint density at radius 3 is 2.59 bits per heavy atom. The molecule has 0 N–H and O–H groups in total. The van der Waals surface area contributed by atoms with E-state index in [1.54, 1.807) is 18.6 Å². The molecule has 0 saturated carbocycles. The third kappa shape index (κ3) is 3.03. The van der Waals surface area contributed by atoms with Crippen LogP contribution in [0.1, 0.15) is 25.1 Å². The lowest BCUT2D eigenvalue weighted by molar-refractivity contribution is 0.627. The molecule has 1 aromatic heterocycles. The molecule has 0 saturated heterocycles. The second-order valence-corrected chi connectivity index (χ2v) is 3.38. The summed E-state index contributed by atoms with van der Waals surface area (Å²) in [7, 11) is 1.88. The Morgan fingerprint density at radius 1 is 1.35 bits per heavy atom. The summed E-state index contributed by atoms with van der Waals surface area (Å²) >= 11 is 0. The lowest BCUT2D eigenvalue weighted by atomic mass is 10.1. The van der Waals surface area contributed by atoms with E-state index < -0.39 is 0 Å². The van der Waals surface area contributed by atoms with Crippen molar-refractivity contribution < 1.29 is 4.39 Å². The molecule has 2 rings (SSSR count). The molecule has 0 spiro atoms. The first kappa shape index (κ1) is 13.2. The highest BCUT2D eigenvalue weighted by Gasteiger charge is 2.06. The van der Waals surface area contributed by atoms with E-state index in [4.69, 9.17) is 0 Å². The van der Waals surface area contributed by atoms with Crippen LogP contribution in [0.2, 0.25) is 0 Å². The van der Waals surface area contributed by atoms with Crippen LogP contribution in [0.25, 0.3) is 5.57 Å². The standard InChI is InChI=1S/C12H11FN2.C2H6/c1-9(12-7-14-8-15(12)2)10-4-3-5-11(13)6-10;1-2/h3-8H,1H2,2H3;1-2H3. The molecule has 1 aromatic carbocycles. The number of rotatable bonds is 2. The van der Waals surface area contributed by atoms with Crippen LogP contribution in [0.3, 0.4) is 0 Å². The van der Waals surface area contributed by atoms with Crippen LogP contribution in [0.4, 0.5) is 4.39 Å². The summed E-state index contributed by atoms with van der Waals surface area (Å²) in [4.78, 5) is 4.00. The van der Waals surface area contributed by atoms with Crippen LogP contribution in [0, 0.1) is 5.82 Å². The van der Waals surface area contributed by atoms with Gasteiger partial charge in [0.05, 0.1) is 18.2 Å². The van der Waals surface area contributed by atoms with Crippen molar-refractivity contribution in [2.24, 2.45) is 7.05 Å². The van der Waals surface area contributed by atoms with E-state index >= 15 is 0 Å². The van der Waals surface area contributed by atoms with E-state index in [-0.39, 0.29) is 5.82 Å². The monoisotopic (exact) mass is 232 g/mol. The van der Waals surface area contributed by atoms with E-state index in [1.165, 1.54) is 12.1 Å². The van der Waals surface area contributed by atoms with Crippen molar-refractivity contribution in [2.45, 2.75) is 13.8 Å². The number of hydrogen-bond donors (Lipinski definition) is 0. The van der Waals surface area contributed by atoms with E-state index in [1.807, 2.05) is 31.5 Å². The number of halogens is 1. The highest BCUT2D eigenvalue weighted by Crippen LogP contribution is 2.20. The van der Waals surface area contributed by atoms with Crippen molar-refractivity contribution in [3.63, 3.8) is 0 Å². The first-order chi connectivity index (χ1) is 8.18. The minimum atomic E-state index is -0.254. The van der Waals surface area contributed by atoms with Gasteiger partial charge in [0.15, 0.2) is 0 Å². The summed E-state index contributed by atoms with van der Waals surface area (Å²) in [5.74, 6) is -0.254. The molecule has 2 nitrogen and oxygen atoms in total. The van der Waals surface area contributed by atoms with Gasteiger partial charge in [-0.05, 0) is 23.3 Å². The Bertz CT molecular complexity index is 500. The Balaban J connectivity index is 0.000000686. The molecule has 17 heavy (non-hydrogen) atoms. The summed E-state index contributed by atoms with van der Waals surface area (Å²) < 4.78 is 14.9. The lowest BCUT2D eigenvalue weighted by Gasteiger charge is -2.06. The molecule has 0 bridgehead atoms. The molecule has 90 valence electrons. The van der Waals surface area contributed by atoms with Crippen molar-refractivity contribution in [1.82, 2.24) is 9.55 Å². The Hall–Kier alpha value is -1.90. The molecule has 0 aliphatic rings. The highest BCUT2D eigenvalue weighted by atomic mass is 19.1. The second-order valence-electron chi connectivity index (χ2n) is 3.38. The summed E-state index contributed by atoms with van der Waals surface area (Å²) in [5, 5.41) is 0. The predicted octanol–water partition coefficient (Wildman–Crippen LogP) is 3.65. The fourth-order valence-electron chi connectivity index (χ4n) is 1.47. The van der Waals surface area contributed by atoms with Crippen molar-refractivity contribution in [3.05, 3.63) is 60.4 Å². The predicted molar refractivity (Wildman–Crippen MR) is 69.1 cm³/mol. The molecule has 0 aliphatic carbocycles. The van der Waals surface area contributed by atoms with Crippen molar-refractivity contribution in [1.29, 1.82) is 0 Å². The van der Waals surface area contributed by atoms with Gasteiger partial charge in [0.25, 0.3) is 0 Å². The minimum Gasteiger partial charge on any atom is -0.334 e. The van der Waals surface area contributed by atoms with Gasteiger partial charge in [0, 0.05) is 7.05 Å². The number of imidazole rings is 1. The highest BCUT2D eigenvalue weighted by molar-refractivity contribution is 5.75. The maximum atomic E-state index is 13.0. The lowest BCUT2D eigenvalue weighted by Crippen LogP contribution is -1.95. The normalized spacial score (nSPS) is 9.41. The topological polar surface area (TPSA) is 17.8 Å². The zero-order valence-corrected chi connectivity index (χ0v) is 10.4. The zero-order chi connectivity index (χ0) is 12.8. The smallest absolute Gasteiger partial charge is 0.123 e. The quantitative estimate of drug-likeness (QED) is 0.772. The fourth-order valence-corrected chi connectivity index (χ4v) is 1.47. The number of nitrogens with zero attached hydrogens (tertiary/aromatic N) is 2. The van der Waals surface area contributed by atoms with Gasteiger partial charge in [-0.1, -0.05) is 32.6 Å². The van der Waals surface area contributed by atoms with Crippen molar-refractivity contribution in [2.75, 3.05) is 0 Å². The van der Waals surface area contributed by atoms with Gasteiger partial charge < -0.3 is 4.57 Å². The molecule has 0 atom stereocenters. The van der Waals surface area contributed by atoms with Crippen LogP contribution in [-0.2, 0) is 7.05 Å². The van der Waals surface area contributed by atoms with Crippen LogP contribution in [-0.4, -0.2) is 9.55 Å². The molecule has 0 aliphatic heterocycles. The Morgan fingerprint density at radius 2 is 2.06 bits per heavy atom. The van der Waals surface area contributed by atoms with Crippen molar-refractivity contribution in [3.8, 4) is 0 Å². The summed E-state index contributed by atoms with van der Waals surface area (Å²) in [6.45, 7) is 7.94. The molecule has 2 aromatic rings. The van der Waals surface area contributed by atoms with Crippen molar-refractivity contribution >= 4 is 5.57 Å². The van der Waals surface area contributed by atoms with Gasteiger partial charge in [-0.2, -0.15) is 0 Å².